The number of carbonyl (C=O) groups excluding carboxylic acids is 1. The molecule has 0 saturated heterocycles. The first-order chi connectivity index (χ1) is 15.3. The lowest BCUT2D eigenvalue weighted by molar-refractivity contribution is 0.252. The third-order valence-electron chi connectivity index (χ3n) is 4.48. The molecule has 4 N–H and O–H groups in total. The molecule has 0 bridgehead atoms. The van der Waals surface area contributed by atoms with Gasteiger partial charge in [-0.1, -0.05) is 18.2 Å². The average molecular weight is 434 g/mol. The Hall–Kier alpha value is -4.33. The Morgan fingerprint density at radius 2 is 1.69 bits per heavy atom. The molecule has 0 saturated carbocycles. The Morgan fingerprint density at radius 1 is 1.00 bits per heavy atom. The molecule has 0 aliphatic rings. The van der Waals surface area contributed by atoms with Crippen LogP contribution in [0.2, 0.25) is 0 Å². The number of hydrogen-bond donors (Lipinski definition) is 4. The van der Waals surface area contributed by atoms with E-state index in [0.29, 0.717) is 11.3 Å². The lowest BCUT2D eigenvalue weighted by Crippen LogP contribution is -2.25. The molecule has 0 aliphatic heterocycles. The van der Waals surface area contributed by atoms with Gasteiger partial charge in [-0.2, -0.15) is 5.10 Å². The second-order valence-electron chi connectivity index (χ2n) is 7.09. The number of nitrogens with one attached hydrogen (secondary N) is 2. The maximum Gasteiger partial charge on any atom is 0.339 e. The highest BCUT2D eigenvalue weighted by Gasteiger charge is 2.09. The highest BCUT2D eigenvalue weighted by atomic mass is 19.1. The van der Waals surface area contributed by atoms with Crippen LogP contribution in [0.1, 0.15) is 11.1 Å². The van der Waals surface area contributed by atoms with Gasteiger partial charge < -0.3 is 20.4 Å². The SMILES string of the molecule is CN(C)c1ccc(/C=C/C(=N\NC(=O)Nc2ccc(F)cc2)c2ccc(O)cc2O)cc1. The minimum absolute atomic E-state index is 0.101. The molecule has 0 unspecified atom stereocenters. The van der Waals surface area contributed by atoms with E-state index in [2.05, 4.69) is 15.8 Å². The highest BCUT2D eigenvalue weighted by Crippen LogP contribution is 2.24. The number of phenolic OH excluding ortho intramolecular Hbond substituents is 2. The summed E-state index contributed by atoms with van der Waals surface area (Å²) in [5.41, 5.74) is 5.26. The number of carbonyl (C=O) groups is 1. The normalized spacial score (nSPS) is 11.4. The van der Waals surface area contributed by atoms with E-state index >= 15 is 0 Å². The van der Waals surface area contributed by atoms with Crippen molar-refractivity contribution >= 4 is 29.2 Å². The van der Waals surface area contributed by atoms with Crippen LogP contribution >= 0.6 is 0 Å². The van der Waals surface area contributed by atoms with E-state index in [-0.39, 0.29) is 17.2 Å². The van der Waals surface area contributed by atoms with Crippen LogP contribution < -0.4 is 15.6 Å². The molecule has 2 amide bonds. The number of rotatable bonds is 6. The Balaban J connectivity index is 1.82. The summed E-state index contributed by atoms with van der Waals surface area (Å²) in [5, 5.41) is 26.4. The lowest BCUT2D eigenvalue weighted by Gasteiger charge is -2.12. The number of amides is 2. The van der Waals surface area contributed by atoms with E-state index in [9.17, 15) is 19.4 Å². The first-order valence-electron chi connectivity index (χ1n) is 9.70. The Morgan fingerprint density at radius 3 is 2.31 bits per heavy atom. The zero-order chi connectivity index (χ0) is 23.1. The van der Waals surface area contributed by atoms with Crippen molar-refractivity contribution in [3.05, 3.63) is 89.8 Å². The molecule has 3 aromatic rings. The van der Waals surface area contributed by atoms with Crippen molar-refractivity contribution < 1.29 is 19.4 Å². The number of hydrogen-bond acceptors (Lipinski definition) is 5. The molecule has 164 valence electrons. The van der Waals surface area contributed by atoms with Crippen LogP contribution in [0.4, 0.5) is 20.6 Å². The molecule has 32 heavy (non-hydrogen) atoms. The monoisotopic (exact) mass is 434 g/mol. The third-order valence-corrected chi connectivity index (χ3v) is 4.48. The van der Waals surface area contributed by atoms with Crippen molar-refractivity contribution in [1.29, 1.82) is 0 Å². The fourth-order valence-corrected chi connectivity index (χ4v) is 2.79. The van der Waals surface area contributed by atoms with Gasteiger partial charge >= 0.3 is 6.03 Å². The fourth-order valence-electron chi connectivity index (χ4n) is 2.79. The minimum Gasteiger partial charge on any atom is -0.508 e. The largest absolute Gasteiger partial charge is 0.508 e. The summed E-state index contributed by atoms with van der Waals surface area (Å²) in [4.78, 5) is 14.2. The van der Waals surface area contributed by atoms with E-state index in [0.717, 1.165) is 11.3 Å². The summed E-state index contributed by atoms with van der Waals surface area (Å²) >= 11 is 0. The van der Waals surface area contributed by atoms with Gasteiger partial charge in [0, 0.05) is 37.1 Å². The summed E-state index contributed by atoms with van der Waals surface area (Å²) in [7, 11) is 3.90. The molecule has 0 spiro atoms. The van der Waals surface area contributed by atoms with Gasteiger partial charge in [-0.25, -0.2) is 14.6 Å². The molecule has 8 heteroatoms. The number of hydrazone groups is 1. The van der Waals surface area contributed by atoms with Crippen molar-refractivity contribution in [1.82, 2.24) is 5.43 Å². The number of halogens is 1. The summed E-state index contributed by atoms with van der Waals surface area (Å²) < 4.78 is 13.0. The highest BCUT2D eigenvalue weighted by molar-refractivity contribution is 6.12. The number of nitrogens with zero attached hydrogens (tertiary/aromatic N) is 2. The smallest absolute Gasteiger partial charge is 0.339 e. The van der Waals surface area contributed by atoms with Gasteiger partial charge in [-0.3, -0.25) is 0 Å². The van der Waals surface area contributed by atoms with Crippen LogP contribution in [-0.2, 0) is 0 Å². The van der Waals surface area contributed by atoms with Crippen LogP contribution in [0.15, 0.2) is 77.9 Å². The summed E-state index contributed by atoms with van der Waals surface area (Å²) in [6.07, 6.45) is 3.42. The number of urea groups is 1. The van der Waals surface area contributed by atoms with Crippen LogP contribution in [0, 0.1) is 5.82 Å². The van der Waals surface area contributed by atoms with Crippen LogP contribution in [0.25, 0.3) is 6.08 Å². The third kappa shape index (κ3) is 6.09. The first-order valence-corrected chi connectivity index (χ1v) is 9.70. The predicted octanol–water partition coefficient (Wildman–Crippen LogP) is 4.54. The van der Waals surface area contributed by atoms with Gasteiger partial charge in [0.2, 0.25) is 0 Å². The molecule has 0 aromatic heterocycles. The standard InChI is InChI=1S/C24H23FN4O3/c1-29(2)19-10-3-16(4-11-19)5-14-22(21-13-12-20(30)15-23(21)31)27-28-24(32)26-18-8-6-17(25)7-9-18/h3-15,30-31H,1-2H3,(H2,26,28,32)/b14-5+,27-22+. The van der Waals surface area contributed by atoms with E-state index in [4.69, 9.17) is 0 Å². The zero-order valence-electron chi connectivity index (χ0n) is 17.6. The molecular weight excluding hydrogens is 411 g/mol. The van der Waals surface area contributed by atoms with E-state index < -0.39 is 11.8 Å². The number of phenols is 2. The molecular formula is C24H23FN4O3. The molecule has 0 aliphatic carbocycles. The summed E-state index contributed by atoms with van der Waals surface area (Å²) in [6, 6.07) is 16.5. The molecule has 7 nitrogen and oxygen atoms in total. The van der Waals surface area contributed by atoms with Crippen LogP contribution in [0.5, 0.6) is 11.5 Å². The topological polar surface area (TPSA) is 97.2 Å². The van der Waals surface area contributed by atoms with Crippen molar-refractivity contribution in [2.75, 3.05) is 24.3 Å². The van der Waals surface area contributed by atoms with Crippen molar-refractivity contribution in [2.24, 2.45) is 5.10 Å². The predicted molar refractivity (Wildman–Crippen MR) is 125 cm³/mol. The maximum atomic E-state index is 13.0. The van der Waals surface area contributed by atoms with E-state index in [1.54, 1.807) is 12.2 Å². The molecule has 0 atom stereocenters. The number of aromatic hydroxyl groups is 2. The zero-order valence-corrected chi connectivity index (χ0v) is 17.6. The second-order valence-corrected chi connectivity index (χ2v) is 7.09. The van der Waals surface area contributed by atoms with Crippen molar-refractivity contribution in [2.45, 2.75) is 0 Å². The van der Waals surface area contributed by atoms with Crippen molar-refractivity contribution in [3.8, 4) is 11.5 Å². The number of allylic oxidation sites excluding steroid dienone is 1. The molecule has 0 radical (unpaired) electrons. The maximum absolute atomic E-state index is 13.0. The van der Waals surface area contributed by atoms with Crippen LogP contribution in [-0.4, -0.2) is 36.1 Å². The minimum atomic E-state index is -0.642. The van der Waals surface area contributed by atoms with Gasteiger partial charge in [0.25, 0.3) is 0 Å². The number of anilines is 2. The summed E-state index contributed by atoms with van der Waals surface area (Å²) in [6.45, 7) is 0. The quantitative estimate of drug-likeness (QED) is 0.338. The Labute approximate surface area is 185 Å². The molecule has 3 rings (SSSR count). The van der Waals surface area contributed by atoms with Gasteiger partial charge in [-0.05, 0) is 60.2 Å². The van der Waals surface area contributed by atoms with Crippen molar-refractivity contribution in [3.63, 3.8) is 0 Å². The van der Waals surface area contributed by atoms with E-state index in [1.165, 1.54) is 42.5 Å². The van der Waals surface area contributed by atoms with Gasteiger partial charge in [0.05, 0.1) is 5.71 Å². The average Bonchev–Trinajstić information content (AvgIpc) is 2.76. The molecule has 0 fully saturated rings. The summed E-state index contributed by atoms with van der Waals surface area (Å²) in [5.74, 6) is -0.712. The number of benzene rings is 3. The fraction of sp³-hybridized carbons (Fsp3) is 0.0833. The molecule has 3 aromatic carbocycles. The van der Waals surface area contributed by atoms with Gasteiger partial charge in [0.1, 0.15) is 17.3 Å². The van der Waals surface area contributed by atoms with Gasteiger partial charge in [-0.15, -0.1) is 0 Å². The first kappa shape index (κ1) is 22.4. The Bertz CT molecular complexity index is 1140. The van der Waals surface area contributed by atoms with Crippen LogP contribution in [0.3, 0.4) is 0 Å². The lowest BCUT2D eigenvalue weighted by atomic mass is 10.1. The molecule has 0 heterocycles. The van der Waals surface area contributed by atoms with Gasteiger partial charge in [0.15, 0.2) is 0 Å². The van der Waals surface area contributed by atoms with E-state index in [1.807, 2.05) is 43.3 Å². The second kappa shape index (κ2) is 10.1. The Kier molecular flexibility index (Phi) is 7.07.